The van der Waals surface area contributed by atoms with Gasteiger partial charge in [0.1, 0.15) is 0 Å². The Bertz CT molecular complexity index is 754. The number of hydrogen-bond donors (Lipinski definition) is 0. The molecule has 2 nitrogen and oxygen atoms in total. The van der Waals surface area contributed by atoms with Crippen molar-refractivity contribution < 1.29 is 35.8 Å². The minimum Gasteiger partial charge on any atom is -0.376 e. The highest BCUT2D eigenvalue weighted by molar-refractivity contribution is 5.80. The quantitative estimate of drug-likeness (QED) is 0.625. The number of benzene rings is 2. The summed E-state index contributed by atoms with van der Waals surface area (Å²) in [7, 11) is 0. The highest BCUT2D eigenvalue weighted by Gasteiger charge is 2.31. The lowest BCUT2D eigenvalue weighted by Crippen LogP contribution is -2.27. The lowest BCUT2D eigenvalue weighted by molar-refractivity contribution is -0.138. The van der Waals surface area contributed by atoms with Crippen LogP contribution in [0.4, 0.5) is 26.3 Å². The van der Waals surface area contributed by atoms with E-state index < -0.39 is 29.6 Å². The standard InChI is InChI=1S/C20H16F6O2/c21-19(22,23)15-5-1-13(2-6-15)18(11-17-12-27-9-10-28-17)14-3-7-16(8-4-14)20(24,25)26/h1-8,11,17H,9-10,12H2. The molecule has 1 atom stereocenters. The van der Waals surface area contributed by atoms with E-state index in [0.29, 0.717) is 29.9 Å². The molecule has 2 aromatic carbocycles. The first-order valence-corrected chi connectivity index (χ1v) is 8.41. The average molecular weight is 402 g/mol. The molecule has 1 saturated heterocycles. The van der Waals surface area contributed by atoms with Crippen LogP contribution in [0.2, 0.25) is 0 Å². The van der Waals surface area contributed by atoms with Crippen molar-refractivity contribution in [2.24, 2.45) is 0 Å². The zero-order valence-electron chi connectivity index (χ0n) is 14.5. The van der Waals surface area contributed by atoms with Gasteiger partial charge < -0.3 is 9.47 Å². The molecule has 0 bridgehead atoms. The number of ether oxygens (including phenoxy) is 2. The molecule has 0 spiro atoms. The van der Waals surface area contributed by atoms with Crippen LogP contribution in [0.3, 0.4) is 0 Å². The summed E-state index contributed by atoms with van der Waals surface area (Å²) in [6.45, 7) is 1.04. The molecule has 1 aliphatic rings. The summed E-state index contributed by atoms with van der Waals surface area (Å²) in [5.74, 6) is 0. The van der Waals surface area contributed by atoms with Crippen LogP contribution in [0.15, 0.2) is 54.6 Å². The number of rotatable bonds is 3. The molecule has 0 aliphatic carbocycles. The van der Waals surface area contributed by atoms with Crippen LogP contribution < -0.4 is 0 Å². The molecule has 1 unspecified atom stereocenters. The van der Waals surface area contributed by atoms with E-state index in [9.17, 15) is 26.3 Å². The third-order valence-electron chi connectivity index (χ3n) is 4.24. The fourth-order valence-corrected chi connectivity index (χ4v) is 2.82. The Morgan fingerprint density at radius 3 is 1.57 bits per heavy atom. The minimum absolute atomic E-state index is 0.255. The van der Waals surface area contributed by atoms with Crippen molar-refractivity contribution >= 4 is 5.57 Å². The maximum atomic E-state index is 12.8. The SMILES string of the molecule is FC(F)(F)c1ccc(C(=CC2COCCO2)c2ccc(C(F)(F)F)cc2)cc1. The summed E-state index contributed by atoms with van der Waals surface area (Å²) in [4.78, 5) is 0. The molecule has 0 saturated carbocycles. The fraction of sp³-hybridized carbons (Fsp3) is 0.300. The van der Waals surface area contributed by atoms with Crippen molar-refractivity contribution in [2.45, 2.75) is 18.5 Å². The summed E-state index contributed by atoms with van der Waals surface area (Å²) in [5, 5.41) is 0. The van der Waals surface area contributed by atoms with Gasteiger partial charge in [-0.1, -0.05) is 24.3 Å². The second kappa shape index (κ2) is 7.97. The van der Waals surface area contributed by atoms with Crippen molar-refractivity contribution in [1.82, 2.24) is 0 Å². The van der Waals surface area contributed by atoms with Crippen molar-refractivity contribution in [2.75, 3.05) is 19.8 Å². The van der Waals surface area contributed by atoms with Gasteiger partial charge in [-0.25, -0.2) is 0 Å². The number of halogens is 6. The van der Waals surface area contributed by atoms with Crippen LogP contribution in [0.5, 0.6) is 0 Å². The first-order valence-electron chi connectivity index (χ1n) is 8.41. The first kappa shape index (κ1) is 20.4. The van der Waals surface area contributed by atoms with E-state index in [2.05, 4.69) is 0 Å². The molecule has 150 valence electrons. The minimum atomic E-state index is -4.48. The molecule has 3 rings (SSSR count). The van der Waals surface area contributed by atoms with Crippen LogP contribution in [0, 0.1) is 0 Å². The van der Waals surface area contributed by atoms with Crippen LogP contribution in [-0.2, 0) is 21.8 Å². The second-order valence-corrected chi connectivity index (χ2v) is 6.21. The molecule has 0 N–H and O–H groups in total. The van der Waals surface area contributed by atoms with Gasteiger partial charge >= 0.3 is 12.4 Å². The van der Waals surface area contributed by atoms with E-state index in [1.54, 1.807) is 6.08 Å². The molecule has 2 aromatic rings. The highest BCUT2D eigenvalue weighted by atomic mass is 19.4. The normalized spacial score (nSPS) is 18.0. The van der Waals surface area contributed by atoms with Crippen LogP contribution in [0.25, 0.3) is 5.57 Å². The third-order valence-corrected chi connectivity index (χ3v) is 4.24. The lowest BCUT2D eigenvalue weighted by atomic mass is 9.94. The van der Waals surface area contributed by atoms with E-state index in [1.807, 2.05) is 0 Å². The summed E-state index contributed by atoms with van der Waals surface area (Å²) in [6, 6.07) is 8.89. The van der Waals surface area contributed by atoms with Crippen molar-refractivity contribution in [3.05, 3.63) is 76.9 Å². The average Bonchev–Trinajstić information content (AvgIpc) is 2.66. The summed E-state index contributed by atoms with van der Waals surface area (Å²) < 4.78 is 87.8. The Kier molecular flexibility index (Phi) is 5.81. The molecular weight excluding hydrogens is 386 g/mol. The molecule has 0 aromatic heterocycles. The summed E-state index contributed by atoms with van der Waals surface area (Å²) >= 11 is 0. The monoisotopic (exact) mass is 402 g/mol. The molecule has 0 amide bonds. The Morgan fingerprint density at radius 1 is 0.750 bits per heavy atom. The zero-order chi connectivity index (χ0) is 20.4. The Hall–Kier alpha value is -2.32. The molecule has 1 heterocycles. The van der Waals surface area contributed by atoms with Gasteiger partial charge in [0.05, 0.1) is 37.1 Å². The second-order valence-electron chi connectivity index (χ2n) is 6.21. The van der Waals surface area contributed by atoms with Crippen molar-refractivity contribution in [3.8, 4) is 0 Å². The van der Waals surface area contributed by atoms with Gasteiger partial charge in [0.15, 0.2) is 0 Å². The van der Waals surface area contributed by atoms with Crippen LogP contribution in [-0.4, -0.2) is 25.9 Å². The van der Waals surface area contributed by atoms with Crippen molar-refractivity contribution in [3.63, 3.8) is 0 Å². The Balaban J connectivity index is 1.99. The Labute approximate surface area is 157 Å². The zero-order valence-corrected chi connectivity index (χ0v) is 14.5. The van der Waals surface area contributed by atoms with Gasteiger partial charge in [0.2, 0.25) is 0 Å². The van der Waals surface area contributed by atoms with Crippen LogP contribution in [0.1, 0.15) is 22.3 Å². The third kappa shape index (κ3) is 4.94. The molecule has 8 heteroatoms. The predicted molar refractivity (Wildman–Crippen MR) is 90.5 cm³/mol. The largest absolute Gasteiger partial charge is 0.416 e. The van der Waals surface area contributed by atoms with E-state index >= 15 is 0 Å². The maximum absolute atomic E-state index is 12.8. The van der Waals surface area contributed by atoms with E-state index in [0.717, 1.165) is 24.3 Å². The fourth-order valence-electron chi connectivity index (χ4n) is 2.82. The van der Waals surface area contributed by atoms with E-state index in [4.69, 9.17) is 9.47 Å². The van der Waals surface area contributed by atoms with Gasteiger partial charge in [-0.2, -0.15) is 26.3 Å². The van der Waals surface area contributed by atoms with Gasteiger partial charge in [-0.15, -0.1) is 0 Å². The lowest BCUT2D eigenvalue weighted by Gasteiger charge is -2.22. The molecule has 1 aliphatic heterocycles. The van der Waals surface area contributed by atoms with Gasteiger partial charge in [-0.05, 0) is 47.0 Å². The van der Waals surface area contributed by atoms with Crippen LogP contribution >= 0.6 is 0 Å². The smallest absolute Gasteiger partial charge is 0.376 e. The topological polar surface area (TPSA) is 18.5 Å². The van der Waals surface area contributed by atoms with E-state index in [-0.39, 0.29) is 6.61 Å². The number of hydrogen-bond acceptors (Lipinski definition) is 2. The Morgan fingerprint density at radius 2 is 1.21 bits per heavy atom. The highest BCUT2D eigenvalue weighted by Crippen LogP contribution is 2.34. The van der Waals surface area contributed by atoms with Gasteiger partial charge in [0, 0.05) is 0 Å². The molecule has 28 heavy (non-hydrogen) atoms. The molecular formula is C20H16F6O2. The van der Waals surface area contributed by atoms with Gasteiger partial charge in [-0.3, -0.25) is 0 Å². The van der Waals surface area contributed by atoms with Gasteiger partial charge in [0.25, 0.3) is 0 Å². The summed E-state index contributed by atoms with van der Waals surface area (Å²) in [5.41, 5.74) is -0.276. The summed E-state index contributed by atoms with van der Waals surface area (Å²) in [6.07, 6.45) is -7.74. The van der Waals surface area contributed by atoms with E-state index in [1.165, 1.54) is 24.3 Å². The molecule has 0 radical (unpaired) electrons. The number of alkyl halides is 6. The maximum Gasteiger partial charge on any atom is 0.416 e. The molecule has 1 fully saturated rings. The predicted octanol–water partition coefficient (Wildman–Crippen LogP) is 5.57. The first-order chi connectivity index (χ1) is 13.1. The van der Waals surface area contributed by atoms with Crippen molar-refractivity contribution in [1.29, 1.82) is 0 Å².